The van der Waals surface area contributed by atoms with Crippen LogP contribution in [0.5, 0.6) is 0 Å². The summed E-state index contributed by atoms with van der Waals surface area (Å²) in [7, 11) is 0. The Morgan fingerprint density at radius 3 is 1.71 bits per heavy atom. The summed E-state index contributed by atoms with van der Waals surface area (Å²) in [5, 5.41) is 3.45. The van der Waals surface area contributed by atoms with E-state index in [9.17, 15) is 19.2 Å². The van der Waals surface area contributed by atoms with Gasteiger partial charge in [-0.25, -0.2) is 24.5 Å². The van der Waals surface area contributed by atoms with Gasteiger partial charge in [0.2, 0.25) is 0 Å². The molecule has 13 heteroatoms. The molecule has 5 heterocycles. The summed E-state index contributed by atoms with van der Waals surface area (Å²) in [5.41, 5.74) is -0.199. The molecule has 0 radical (unpaired) electrons. The van der Waals surface area contributed by atoms with Gasteiger partial charge < -0.3 is 9.47 Å². The van der Waals surface area contributed by atoms with Crippen molar-refractivity contribution in [3.63, 3.8) is 0 Å². The third kappa shape index (κ3) is 4.33. The lowest BCUT2D eigenvalue weighted by atomic mass is 10.3. The highest BCUT2D eigenvalue weighted by atomic mass is 32.1. The Kier molecular flexibility index (Phi) is 5.69. The summed E-state index contributed by atoms with van der Waals surface area (Å²) in [6.45, 7) is -0.462. The van der Waals surface area contributed by atoms with E-state index in [4.69, 9.17) is 9.47 Å². The van der Waals surface area contributed by atoms with E-state index < -0.39 is 11.9 Å². The number of aromatic nitrogens is 5. The summed E-state index contributed by atoms with van der Waals surface area (Å²) in [6, 6.07) is 6.79. The van der Waals surface area contributed by atoms with Crippen molar-refractivity contribution in [3.8, 4) is 0 Å². The van der Waals surface area contributed by atoms with Crippen LogP contribution in [-0.2, 0) is 22.7 Å². The maximum Gasteiger partial charge on any atom is 0.357 e. The van der Waals surface area contributed by atoms with Gasteiger partial charge in [0.1, 0.15) is 24.6 Å². The van der Waals surface area contributed by atoms with Gasteiger partial charge in [-0.15, -0.1) is 22.7 Å². The summed E-state index contributed by atoms with van der Waals surface area (Å²) in [4.78, 5) is 62.4. The average Bonchev–Trinajstić information content (AvgIpc) is 3.51. The van der Waals surface area contributed by atoms with E-state index in [2.05, 4.69) is 15.0 Å². The highest BCUT2D eigenvalue weighted by Crippen LogP contribution is 2.10. The molecule has 0 aliphatic heterocycles. The number of carbonyl (C=O) groups is 2. The van der Waals surface area contributed by atoms with Crippen LogP contribution in [0.15, 0.2) is 63.1 Å². The SMILES string of the molecule is O=C(OCc1cc(=O)n2ccsc2n1)c1cccc(C(=O)OCc2cc(=O)n3ccsc3n2)n1. The molecule has 11 nitrogen and oxygen atoms in total. The zero-order valence-electron chi connectivity index (χ0n) is 17.1. The van der Waals surface area contributed by atoms with E-state index in [0.29, 0.717) is 21.3 Å². The molecule has 170 valence electrons. The predicted octanol–water partition coefficient (Wildman–Crippen LogP) is 1.93. The first kappa shape index (κ1) is 21.6. The Labute approximate surface area is 197 Å². The van der Waals surface area contributed by atoms with E-state index in [-0.39, 0.29) is 35.7 Å². The fourth-order valence-electron chi connectivity index (χ4n) is 3.01. The van der Waals surface area contributed by atoms with Crippen molar-refractivity contribution in [1.29, 1.82) is 0 Å². The maximum atomic E-state index is 12.4. The number of hydrogen-bond acceptors (Lipinski definition) is 11. The summed E-state index contributed by atoms with van der Waals surface area (Å²) >= 11 is 2.56. The molecule has 0 saturated heterocycles. The van der Waals surface area contributed by atoms with Crippen molar-refractivity contribution >= 4 is 44.5 Å². The highest BCUT2D eigenvalue weighted by Gasteiger charge is 2.16. The first-order valence-corrected chi connectivity index (χ1v) is 11.5. The zero-order valence-corrected chi connectivity index (χ0v) is 18.7. The van der Waals surface area contributed by atoms with Crippen LogP contribution in [-0.4, -0.2) is 35.7 Å². The number of nitrogens with zero attached hydrogens (tertiary/aromatic N) is 5. The van der Waals surface area contributed by atoms with Gasteiger partial charge in [0.05, 0.1) is 11.4 Å². The molecule has 0 spiro atoms. The van der Waals surface area contributed by atoms with Crippen LogP contribution in [0.25, 0.3) is 9.92 Å². The van der Waals surface area contributed by atoms with Gasteiger partial charge in [-0.2, -0.15) is 0 Å². The number of pyridine rings is 1. The first-order valence-electron chi connectivity index (χ1n) is 9.71. The number of ether oxygens (including phenoxy) is 2. The number of rotatable bonds is 6. The molecule has 0 saturated carbocycles. The van der Waals surface area contributed by atoms with Crippen LogP contribution in [0.1, 0.15) is 32.4 Å². The van der Waals surface area contributed by atoms with E-state index in [1.807, 2.05) is 0 Å². The summed E-state index contributed by atoms with van der Waals surface area (Å²) in [5.74, 6) is -1.58. The topological polar surface area (TPSA) is 134 Å². The molecule has 0 aromatic carbocycles. The first-order chi connectivity index (χ1) is 16.5. The van der Waals surface area contributed by atoms with E-state index >= 15 is 0 Å². The molecule has 0 unspecified atom stereocenters. The largest absolute Gasteiger partial charge is 0.454 e. The Morgan fingerprint density at radius 1 is 0.765 bits per heavy atom. The molecule has 5 rings (SSSR count). The van der Waals surface area contributed by atoms with Crippen molar-refractivity contribution in [2.45, 2.75) is 13.2 Å². The molecule has 0 aliphatic rings. The molecule has 0 N–H and O–H groups in total. The minimum absolute atomic E-state index is 0.111. The smallest absolute Gasteiger partial charge is 0.357 e. The van der Waals surface area contributed by atoms with Gasteiger partial charge in [-0.05, 0) is 12.1 Å². The minimum Gasteiger partial charge on any atom is -0.454 e. The van der Waals surface area contributed by atoms with Crippen LogP contribution < -0.4 is 11.1 Å². The molecular formula is C21H13N5O6S2. The van der Waals surface area contributed by atoms with Crippen LogP contribution in [0.3, 0.4) is 0 Å². The van der Waals surface area contributed by atoms with Gasteiger partial charge in [-0.3, -0.25) is 18.4 Å². The number of fused-ring (bicyclic) bond motifs is 2. The van der Waals surface area contributed by atoms with E-state index in [1.165, 1.54) is 61.8 Å². The van der Waals surface area contributed by atoms with Crippen molar-refractivity contribution in [3.05, 3.63) is 97.0 Å². The van der Waals surface area contributed by atoms with Crippen molar-refractivity contribution in [2.75, 3.05) is 0 Å². The molecule has 0 fully saturated rings. The molecule has 0 amide bonds. The number of thiazole rings is 2. The monoisotopic (exact) mass is 495 g/mol. The highest BCUT2D eigenvalue weighted by molar-refractivity contribution is 7.15. The lowest BCUT2D eigenvalue weighted by Crippen LogP contribution is -2.16. The Hall–Kier alpha value is -4.23. The van der Waals surface area contributed by atoms with Crippen LogP contribution in [0.4, 0.5) is 0 Å². The van der Waals surface area contributed by atoms with Crippen LogP contribution in [0.2, 0.25) is 0 Å². The summed E-state index contributed by atoms with van der Waals surface area (Å²) < 4.78 is 13.2. The lowest BCUT2D eigenvalue weighted by molar-refractivity contribution is 0.0451. The molecular weight excluding hydrogens is 482 g/mol. The normalized spacial score (nSPS) is 11.1. The molecule has 34 heavy (non-hydrogen) atoms. The maximum absolute atomic E-state index is 12.4. The van der Waals surface area contributed by atoms with Crippen molar-refractivity contribution in [1.82, 2.24) is 23.8 Å². The molecule has 0 bridgehead atoms. The Balaban J connectivity index is 1.24. The van der Waals surface area contributed by atoms with Crippen molar-refractivity contribution < 1.29 is 19.1 Å². The number of carbonyl (C=O) groups excluding carboxylic acids is 2. The Bertz CT molecular complexity index is 1550. The number of hydrogen-bond donors (Lipinski definition) is 0. The second-order valence-corrected chi connectivity index (χ2v) is 8.59. The van der Waals surface area contributed by atoms with Gasteiger partial charge in [0.25, 0.3) is 11.1 Å². The van der Waals surface area contributed by atoms with E-state index in [1.54, 1.807) is 23.2 Å². The molecule has 0 atom stereocenters. The standard InChI is InChI=1S/C21H13N5O6S2/c27-16-8-12(22-20-25(16)4-6-33-20)10-31-18(29)14-2-1-3-15(24-14)19(30)32-11-13-9-17(28)26-5-7-34-21(26)23-13/h1-9H,10-11H2. The van der Waals surface area contributed by atoms with Gasteiger partial charge in [0, 0.05) is 35.3 Å². The quantitative estimate of drug-likeness (QED) is 0.324. The van der Waals surface area contributed by atoms with Crippen molar-refractivity contribution in [2.24, 2.45) is 0 Å². The van der Waals surface area contributed by atoms with Gasteiger partial charge in [0.15, 0.2) is 9.92 Å². The number of esters is 2. The lowest BCUT2D eigenvalue weighted by Gasteiger charge is -2.07. The van der Waals surface area contributed by atoms with Gasteiger partial charge >= 0.3 is 11.9 Å². The zero-order chi connectivity index (χ0) is 23.7. The fraction of sp³-hybridized carbons (Fsp3) is 0.0952. The second kappa shape index (κ2) is 8.96. The average molecular weight is 495 g/mol. The van der Waals surface area contributed by atoms with Gasteiger partial charge in [-0.1, -0.05) is 6.07 Å². The Morgan fingerprint density at radius 2 is 1.24 bits per heavy atom. The fourth-order valence-corrected chi connectivity index (χ4v) is 4.49. The third-order valence-corrected chi connectivity index (χ3v) is 6.10. The third-order valence-electron chi connectivity index (χ3n) is 4.58. The van der Waals surface area contributed by atoms with E-state index in [0.717, 1.165) is 0 Å². The van der Waals surface area contributed by atoms with Crippen LogP contribution >= 0.6 is 22.7 Å². The molecule has 5 aromatic heterocycles. The minimum atomic E-state index is -0.791. The summed E-state index contributed by atoms with van der Waals surface area (Å²) in [6.07, 6.45) is 3.21. The predicted molar refractivity (Wildman–Crippen MR) is 121 cm³/mol. The van der Waals surface area contributed by atoms with Crippen LogP contribution in [0, 0.1) is 0 Å². The second-order valence-electron chi connectivity index (χ2n) is 6.84. The molecule has 0 aliphatic carbocycles. The molecule has 5 aromatic rings.